The van der Waals surface area contributed by atoms with Crippen LogP contribution in [-0.2, 0) is 6.54 Å². The molecule has 0 spiro atoms. The zero-order chi connectivity index (χ0) is 12.3. The van der Waals surface area contributed by atoms with Gasteiger partial charge >= 0.3 is 0 Å². The normalized spacial score (nSPS) is 25.7. The van der Waals surface area contributed by atoms with Crippen LogP contribution in [0.3, 0.4) is 0 Å². The van der Waals surface area contributed by atoms with E-state index in [-0.39, 0.29) is 0 Å². The molecule has 0 aliphatic carbocycles. The molecule has 1 atom stereocenters. The van der Waals surface area contributed by atoms with Crippen molar-refractivity contribution in [2.24, 2.45) is 5.73 Å². The van der Waals surface area contributed by atoms with E-state index in [9.17, 15) is 5.11 Å². The van der Waals surface area contributed by atoms with Crippen molar-refractivity contribution in [2.75, 3.05) is 18.0 Å². The fourth-order valence-corrected chi connectivity index (χ4v) is 2.36. The first-order chi connectivity index (χ1) is 8.11. The Hall–Kier alpha value is -1.06. The number of hydrogen-bond acceptors (Lipinski definition) is 3. The van der Waals surface area contributed by atoms with Crippen LogP contribution in [0.1, 0.15) is 31.7 Å². The van der Waals surface area contributed by atoms with Gasteiger partial charge in [0.2, 0.25) is 0 Å². The molecule has 1 aliphatic rings. The summed E-state index contributed by atoms with van der Waals surface area (Å²) in [4.78, 5) is 2.35. The predicted molar refractivity (Wildman–Crippen MR) is 71.0 cm³/mol. The van der Waals surface area contributed by atoms with Crippen LogP contribution in [0.25, 0.3) is 0 Å². The molecule has 1 aromatic rings. The quantitative estimate of drug-likeness (QED) is 0.821. The van der Waals surface area contributed by atoms with Crippen LogP contribution in [0.5, 0.6) is 0 Å². The second kappa shape index (κ2) is 5.07. The Morgan fingerprint density at radius 1 is 1.24 bits per heavy atom. The summed E-state index contributed by atoms with van der Waals surface area (Å²) >= 11 is 0. The molecule has 3 heteroatoms. The van der Waals surface area contributed by atoms with Crippen LogP contribution in [0, 0.1) is 0 Å². The molecular weight excluding hydrogens is 212 g/mol. The van der Waals surface area contributed by atoms with Crippen molar-refractivity contribution in [3.63, 3.8) is 0 Å². The molecule has 0 amide bonds. The molecule has 1 fully saturated rings. The molecule has 0 bridgehead atoms. The Balaban J connectivity index is 2.06. The van der Waals surface area contributed by atoms with Crippen LogP contribution in [0.2, 0.25) is 0 Å². The highest BCUT2D eigenvalue weighted by Gasteiger charge is 2.24. The average Bonchev–Trinajstić information content (AvgIpc) is 2.50. The first kappa shape index (κ1) is 12.4. The zero-order valence-corrected chi connectivity index (χ0v) is 10.5. The lowest BCUT2D eigenvalue weighted by Crippen LogP contribution is -2.28. The SMILES string of the molecule is CC1(O)CCCN(c2ccc(CN)cc2)CC1. The molecule has 1 aromatic carbocycles. The maximum atomic E-state index is 10.1. The van der Waals surface area contributed by atoms with Gasteiger partial charge in [0, 0.05) is 25.3 Å². The molecule has 2 rings (SSSR count). The molecule has 1 saturated heterocycles. The van der Waals surface area contributed by atoms with Gasteiger partial charge in [0.1, 0.15) is 0 Å². The number of benzene rings is 1. The molecule has 17 heavy (non-hydrogen) atoms. The van der Waals surface area contributed by atoms with Crippen LogP contribution < -0.4 is 10.6 Å². The molecular formula is C14H22N2O. The van der Waals surface area contributed by atoms with Gasteiger partial charge in [-0.1, -0.05) is 12.1 Å². The van der Waals surface area contributed by atoms with Crippen LogP contribution in [0.15, 0.2) is 24.3 Å². The van der Waals surface area contributed by atoms with Gasteiger partial charge in [0.25, 0.3) is 0 Å². The minimum atomic E-state index is -0.494. The first-order valence-corrected chi connectivity index (χ1v) is 6.37. The van der Waals surface area contributed by atoms with Crippen LogP contribution in [0.4, 0.5) is 5.69 Å². The highest BCUT2D eigenvalue weighted by atomic mass is 16.3. The number of anilines is 1. The summed E-state index contributed by atoms with van der Waals surface area (Å²) in [5.74, 6) is 0. The van der Waals surface area contributed by atoms with Gasteiger partial charge in [-0.3, -0.25) is 0 Å². The van der Waals surface area contributed by atoms with Crippen LogP contribution >= 0.6 is 0 Å². The van der Waals surface area contributed by atoms with E-state index in [1.165, 1.54) is 5.69 Å². The number of nitrogens with zero attached hydrogens (tertiary/aromatic N) is 1. The molecule has 1 aliphatic heterocycles. The molecule has 0 aromatic heterocycles. The van der Waals surface area contributed by atoms with Crippen molar-refractivity contribution < 1.29 is 5.11 Å². The Labute approximate surface area is 103 Å². The Morgan fingerprint density at radius 2 is 1.94 bits per heavy atom. The third-order valence-electron chi connectivity index (χ3n) is 3.60. The van der Waals surface area contributed by atoms with Crippen molar-refractivity contribution in [1.82, 2.24) is 0 Å². The van der Waals surface area contributed by atoms with Crippen molar-refractivity contribution >= 4 is 5.69 Å². The van der Waals surface area contributed by atoms with Crippen molar-refractivity contribution in [1.29, 1.82) is 0 Å². The maximum Gasteiger partial charge on any atom is 0.0637 e. The third kappa shape index (κ3) is 3.20. The van der Waals surface area contributed by atoms with E-state index in [0.717, 1.165) is 37.9 Å². The van der Waals surface area contributed by atoms with Crippen LogP contribution in [-0.4, -0.2) is 23.8 Å². The largest absolute Gasteiger partial charge is 0.390 e. The Bertz CT molecular complexity index is 359. The third-order valence-corrected chi connectivity index (χ3v) is 3.60. The van der Waals surface area contributed by atoms with E-state index in [1.807, 2.05) is 6.92 Å². The summed E-state index contributed by atoms with van der Waals surface area (Å²) < 4.78 is 0. The fraction of sp³-hybridized carbons (Fsp3) is 0.571. The summed E-state index contributed by atoms with van der Waals surface area (Å²) in [6, 6.07) is 8.42. The van der Waals surface area contributed by atoms with E-state index in [1.54, 1.807) is 0 Å². The van der Waals surface area contributed by atoms with Crippen molar-refractivity contribution in [3.8, 4) is 0 Å². The molecule has 3 nitrogen and oxygen atoms in total. The van der Waals surface area contributed by atoms with Gasteiger partial charge in [0.05, 0.1) is 5.60 Å². The van der Waals surface area contributed by atoms with Gasteiger partial charge in [-0.15, -0.1) is 0 Å². The molecule has 0 radical (unpaired) electrons. The number of nitrogens with two attached hydrogens (primary N) is 1. The van der Waals surface area contributed by atoms with Gasteiger partial charge < -0.3 is 15.7 Å². The molecule has 3 N–H and O–H groups in total. The van der Waals surface area contributed by atoms with Crippen molar-refractivity contribution in [3.05, 3.63) is 29.8 Å². The second-order valence-electron chi connectivity index (χ2n) is 5.21. The first-order valence-electron chi connectivity index (χ1n) is 6.37. The van der Waals surface area contributed by atoms with E-state index in [4.69, 9.17) is 5.73 Å². The Kier molecular flexibility index (Phi) is 3.69. The average molecular weight is 234 g/mol. The number of hydrogen-bond donors (Lipinski definition) is 2. The predicted octanol–water partition coefficient (Wildman–Crippen LogP) is 1.89. The van der Waals surface area contributed by atoms with Gasteiger partial charge in [-0.2, -0.15) is 0 Å². The Morgan fingerprint density at radius 3 is 2.59 bits per heavy atom. The second-order valence-corrected chi connectivity index (χ2v) is 5.21. The monoisotopic (exact) mass is 234 g/mol. The molecule has 1 unspecified atom stereocenters. The minimum absolute atomic E-state index is 0.494. The van der Waals surface area contributed by atoms with Gasteiger partial charge in [-0.05, 0) is 43.9 Å². The summed E-state index contributed by atoms with van der Waals surface area (Å²) in [5, 5.41) is 10.1. The standard InChI is InChI=1S/C14H22N2O/c1-14(17)7-2-9-16(10-8-14)13-5-3-12(11-15)4-6-13/h3-6,17H,2,7-11,15H2,1H3. The molecule has 0 saturated carbocycles. The van der Waals surface area contributed by atoms with Gasteiger partial charge in [0.15, 0.2) is 0 Å². The van der Waals surface area contributed by atoms with E-state index < -0.39 is 5.60 Å². The smallest absolute Gasteiger partial charge is 0.0637 e. The maximum absolute atomic E-state index is 10.1. The summed E-state index contributed by atoms with van der Waals surface area (Å²) in [6.07, 6.45) is 2.78. The lowest BCUT2D eigenvalue weighted by molar-refractivity contribution is 0.0481. The van der Waals surface area contributed by atoms with Crippen molar-refractivity contribution in [2.45, 2.75) is 38.3 Å². The highest BCUT2D eigenvalue weighted by Crippen LogP contribution is 2.25. The lowest BCUT2D eigenvalue weighted by atomic mass is 9.98. The van der Waals surface area contributed by atoms with Gasteiger partial charge in [-0.25, -0.2) is 0 Å². The number of rotatable bonds is 2. The summed E-state index contributed by atoms with van der Waals surface area (Å²) in [5.41, 5.74) is 7.50. The van der Waals surface area contributed by atoms with E-state index in [0.29, 0.717) is 6.54 Å². The lowest BCUT2D eigenvalue weighted by Gasteiger charge is -2.24. The molecule has 94 valence electrons. The fourth-order valence-electron chi connectivity index (χ4n) is 2.36. The minimum Gasteiger partial charge on any atom is -0.390 e. The zero-order valence-electron chi connectivity index (χ0n) is 10.5. The van der Waals surface area contributed by atoms with E-state index >= 15 is 0 Å². The highest BCUT2D eigenvalue weighted by molar-refractivity contribution is 5.47. The summed E-state index contributed by atoms with van der Waals surface area (Å²) in [6.45, 7) is 4.48. The topological polar surface area (TPSA) is 49.5 Å². The number of aliphatic hydroxyl groups is 1. The molecule has 1 heterocycles. The van der Waals surface area contributed by atoms with E-state index in [2.05, 4.69) is 29.2 Å². The summed E-state index contributed by atoms with van der Waals surface area (Å²) in [7, 11) is 0.